The minimum atomic E-state index is -0.199. The van der Waals surface area contributed by atoms with Gasteiger partial charge in [-0.05, 0) is 31.7 Å². The second kappa shape index (κ2) is 6.02. The fourth-order valence-corrected chi connectivity index (χ4v) is 3.06. The number of rotatable bonds is 3. The first-order valence-electron chi connectivity index (χ1n) is 7.25. The zero-order chi connectivity index (χ0) is 13.1. The number of aliphatic hydroxyl groups excluding tert-OH is 1. The number of piperidine rings is 1. The highest BCUT2D eigenvalue weighted by molar-refractivity contribution is 5.79. The zero-order valence-electron chi connectivity index (χ0n) is 11.6. The van der Waals surface area contributed by atoms with Crippen molar-refractivity contribution in [1.29, 1.82) is 0 Å². The Kier molecular flexibility index (Phi) is 4.62. The molecule has 0 aromatic carbocycles. The molecule has 2 fully saturated rings. The molecule has 4 nitrogen and oxygen atoms in total. The van der Waals surface area contributed by atoms with Crippen molar-refractivity contribution in [3.63, 3.8) is 0 Å². The summed E-state index contributed by atoms with van der Waals surface area (Å²) >= 11 is 0. The zero-order valence-corrected chi connectivity index (χ0v) is 11.6. The summed E-state index contributed by atoms with van der Waals surface area (Å²) in [5.41, 5.74) is 0. The molecule has 4 heteroatoms. The van der Waals surface area contributed by atoms with E-state index in [1.807, 2.05) is 4.90 Å². The van der Waals surface area contributed by atoms with Gasteiger partial charge < -0.3 is 14.9 Å². The summed E-state index contributed by atoms with van der Waals surface area (Å²) < 4.78 is 0. The van der Waals surface area contributed by atoms with Crippen LogP contribution in [0.5, 0.6) is 0 Å². The van der Waals surface area contributed by atoms with Gasteiger partial charge in [0.1, 0.15) is 0 Å². The van der Waals surface area contributed by atoms with Crippen molar-refractivity contribution in [3.05, 3.63) is 0 Å². The van der Waals surface area contributed by atoms with E-state index in [0.29, 0.717) is 11.8 Å². The van der Waals surface area contributed by atoms with Gasteiger partial charge in [-0.1, -0.05) is 13.8 Å². The van der Waals surface area contributed by atoms with Crippen LogP contribution in [0.2, 0.25) is 0 Å². The van der Waals surface area contributed by atoms with E-state index in [2.05, 4.69) is 18.7 Å². The maximum atomic E-state index is 12.4. The first-order valence-corrected chi connectivity index (χ1v) is 7.25. The molecule has 2 heterocycles. The first-order chi connectivity index (χ1) is 8.56. The average Bonchev–Trinajstić information content (AvgIpc) is 2.76. The molecule has 1 unspecified atom stereocenters. The number of nitrogens with zero attached hydrogens (tertiary/aromatic N) is 2. The van der Waals surface area contributed by atoms with Crippen LogP contribution in [0.4, 0.5) is 0 Å². The molecule has 0 spiro atoms. The van der Waals surface area contributed by atoms with Crippen LogP contribution in [-0.4, -0.2) is 59.6 Å². The van der Waals surface area contributed by atoms with Gasteiger partial charge in [-0.25, -0.2) is 0 Å². The molecular formula is C14H26N2O2. The first kappa shape index (κ1) is 13.8. The highest BCUT2D eigenvalue weighted by atomic mass is 16.3. The molecule has 0 radical (unpaired) electrons. The van der Waals surface area contributed by atoms with E-state index in [1.165, 1.54) is 0 Å². The Hall–Kier alpha value is -0.610. The van der Waals surface area contributed by atoms with E-state index in [9.17, 15) is 9.90 Å². The Balaban J connectivity index is 1.80. The van der Waals surface area contributed by atoms with E-state index < -0.39 is 0 Å². The van der Waals surface area contributed by atoms with Gasteiger partial charge in [-0.2, -0.15) is 0 Å². The van der Waals surface area contributed by atoms with Crippen LogP contribution < -0.4 is 0 Å². The summed E-state index contributed by atoms with van der Waals surface area (Å²) in [5.74, 6) is 1.18. The molecule has 1 amide bonds. The van der Waals surface area contributed by atoms with Gasteiger partial charge in [0.2, 0.25) is 5.91 Å². The molecule has 0 bridgehead atoms. The smallest absolute Gasteiger partial charge is 0.227 e. The standard InChI is InChI=1S/C14H26N2O2/c1-11(2)9-15-6-3-12(10-15)14(18)16-7-4-13(17)5-8-16/h11-13,17H,3-10H2,1-2H3. The van der Waals surface area contributed by atoms with Crippen LogP contribution in [0.1, 0.15) is 33.1 Å². The minimum Gasteiger partial charge on any atom is -0.393 e. The fourth-order valence-electron chi connectivity index (χ4n) is 3.06. The maximum Gasteiger partial charge on any atom is 0.227 e. The summed E-state index contributed by atoms with van der Waals surface area (Å²) in [6, 6.07) is 0. The lowest BCUT2D eigenvalue weighted by atomic mass is 10.0. The number of aliphatic hydroxyl groups is 1. The van der Waals surface area contributed by atoms with Crippen LogP contribution in [-0.2, 0) is 4.79 Å². The van der Waals surface area contributed by atoms with Gasteiger partial charge in [0, 0.05) is 26.2 Å². The van der Waals surface area contributed by atoms with Gasteiger partial charge in [0.05, 0.1) is 12.0 Å². The third-order valence-corrected chi connectivity index (χ3v) is 4.02. The van der Waals surface area contributed by atoms with Crippen LogP contribution >= 0.6 is 0 Å². The highest BCUT2D eigenvalue weighted by Crippen LogP contribution is 2.21. The molecule has 1 atom stereocenters. The van der Waals surface area contributed by atoms with Crippen molar-refractivity contribution in [3.8, 4) is 0 Å². The Labute approximate surface area is 110 Å². The van der Waals surface area contributed by atoms with E-state index in [0.717, 1.165) is 52.0 Å². The summed E-state index contributed by atoms with van der Waals surface area (Å²) in [6.45, 7) is 9.01. The van der Waals surface area contributed by atoms with Crippen molar-refractivity contribution in [1.82, 2.24) is 9.80 Å². The number of likely N-dealkylation sites (tertiary alicyclic amines) is 2. The van der Waals surface area contributed by atoms with Gasteiger partial charge in [0.25, 0.3) is 0 Å². The highest BCUT2D eigenvalue weighted by Gasteiger charge is 2.32. The Morgan fingerprint density at radius 2 is 1.89 bits per heavy atom. The summed E-state index contributed by atoms with van der Waals surface area (Å²) in [5, 5.41) is 9.47. The predicted molar refractivity (Wildman–Crippen MR) is 71.2 cm³/mol. The quantitative estimate of drug-likeness (QED) is 0.815. The Bertz CT molecular complexity index is 286. The number of amides is 1. The summed E-state index contributed by atoms with van der Waals surface area (Å²) in [4.78, 5) is 16.7. The van der Waals surface area contributed by atoms with Crippen molar-refractivity contribution in [2.45, 2.75) is 39.2 Å². The van der Waals surface area contributed by atoms with Crippen molar-refractivity contribution in [2.24, 2.45) is 11.8 Å². The topological polar surface area (TPSA) is 43.8 Å². The molecule has 2 rings (SSSR count). The van der Waals surface area contributed by atoms with Gasteiger partial charge in [-0.3, -0.25) is 4.79 Å². The predicted octanol–water partition coefficient (Wildman–Crippen LogP) is 0.948. The summed E-state index contributed by atoms with van der Waals surface area (Å²) in [6.07, 6.45) is 2.29. The Morgan fingerprint density at radius 3 is 2.50 bits per heavy atom. The van der Waals surface area contributed by atoms with Crippen LogP contribution in [0.25, 0.3) is 0 Å². The summed E-state index contributed by atoms with van der Waals surface area (Å²) in [7, 11) is 0. The number of hydrogen-bond donors (Lipinski definition) is 1. The van der Waals surface area contributed by atoms with E-state index in [-0.39, 0.29) is 12.0 Å². The molecule has 0 aliphatic carbocycles. The molecular weight excluding hydrogens is 228 g/mol. The lowest BCUT2D eigenvalue weighted by molar-refractivity contribution is -0.137. The van der Waals surface area contributed by atoms with Gasteiger partial charge >= 0.3 is 0 Å². The molecule has 1 N–H and O–H groups in total. The monoisotopic (exact) mass is 254 g/mol. The molecule has 0 saturated carbocycles. The number of carbonyl (C=O) groups is 1. The van der Waals surface area contributed by atoms with E-state index in [4.69, 9.17) is 0 Å². The minimum absolute atomic E-state index is 0.194. The van der Waals surface area contributed by atoms with Gasteiger partial charge in [-0.15, -0.1) is 0 Å². The lowest BCUT2D eigenvalue weighted by Gasteiger charge is -2.31. The second-order valence-electron chi connectivity index (χ2n) is 6.20. The number of hydrogen-bond acceptors (Lipinski definition) is 3. The van der Waals surface area contributed by atoms with Crippen molar-refractivity contribution >= 4 is 5.91 Å². The largest absolute Gasteiger partial charge is 0.393 e. The maximum absolute atomic E-state index is 12.4. The third kappa shape index (κ3) is 3.45. The molecule has 0 aromatic heterocycles. The van der Waals surface area contributed by atoms with Crippen molar-refractivity contribution < 1.29 is 9.90 Å². The third-order valence-electron chi connectivity index (χ3n) is 4.02. The molecule has 0 aromatic rings. The fraction of sp³-hybridized carbons (Fsp3) is 0.929. The average molecular weight is 254 g/mol. The SMILES string of the molecule is CC(C)CN1CCC(C(=O)N2CCC(O)CC2)C1. The number of carbonyl (C=O) groups excluding carboxylic acids is 1. The molecule has 18 heavy (non-hydrogen) atoms. The lowest BCUT2D eigenvalue weighted by Crippen LogP contribution is -2.43. The van der Waals surface area contributed by atoms with Crippen LogP contribution in [0, 0.1) is 11.8 Å². The second-order valence-corrected chi connectivity index (χ2v) is 6.20. The van der Waals surface area contributed by atoms with Gasteiger partial charge in [0.15, 0.2) is 0 Å². The molecule has 104 valence electrons. The molecule has 2 saturated heterocycles. The molecule has 2 aliphatic rings. The molecule has 2 aliphatic heterocycles. The van der Waals surface area contributed by atoms with Crippen LogP contribution in [0.15, 0.2) is 0 Å². The van der Waals surface area contributed by atoms with Crippen molar-refractivity contribution in [2.75, 3.05) is 32.7 Å². The van der Waals surface area contributed by atoms with E-state index >= 15 is 0 Å². The van der Waals surface area contributed by atoms with Crippen LogP contribution in [0.3, 0.4) is 0 Å². The van der Waals surface area contributed by atoms with E-state index in [1.54, 1.807) is 0 Å². The normalized spacial score (nSPS) is 27.1. The Morgan fingerprint density at radius 1 is 1.22 bits per heavy atom.